The molecule has 1 aromatic rings. The first-order chi connectivity index (χ1) is 8.29. The molecule has 100 valence electrons. The van der Waals surface area contributed by atoms with Crippen LogP contribution in [-0.2, 0) is 10.2 Å². The van der Waals surface area contributed by atoms with E-state index in [1.165, 1.54) is 25.2 Å². The number of benzene rings is 1. The van der Waals surface area contributed by atoms with Crippen LogP contribution < -0.4 is 14.8 Å². The molecule has 7 nitrogen and oxygen atoms in total. The maximum atomic E-state index is 11.7. The minimum atomic E-state index is -3.66. The number of nitrogens with two attached hydrogens (primary N) is 1. The minimum absolute atomic E-state index is 0.00509. The Bertz CT molecular complexity index is 556. The molecule has 0 fully saturated rings. The van der Waals surface area contributed by atoms with Crippen LogP contribution in [-0.4, -0.2) is 33.1 Å². The Morgan fingerprint density at radius 2 is 2.11 bits per heavy atom. The van der Waals surface area contributed by atoms with E-state index in [0.717, 1.165) is 4.31 Å². The van der Waals surface area contributed by atoms with Crippen molar-refractivity contribution in [1.82, 2.24) is 4.72 Å². The summed E-state index contributed by atoms with van der Waals surface area (Å²) in [6.07, 6.45) is 0. The third kappa shape index (κ3) is 2.90. The highest BCUT2D eigenvalue weighted by Crippen LogP contribution is 2.25. The summed E-state index contributed by atoms with van der Waals surface area (Å²) in [6.45, 7) is 1.90. The SMILES string of the molecule is CCNS(=O)(=O)N(C)c1ccc(C(=O)O)cc1N. The van der Waals surface area contributed by atoms with Gasteiger partial charge in [0.05, 0.1) is 16.9 Å². The Labute approximate surface area is 105 Å². The molecule has 0 spiro atoms. The second-order valence-corrected chi connectivity index (χ2v) is 5.34. The number of nitrogens with one attached hydrogen (secondary N) is 1. The van der Waals surface area contributed by atoms with Gasteiger partial charge >= 0.3 is 16.2 Å². The molecule has 0 aliphatic carbocycles. The molecule has 0 radical (unpaired) electrons. The Morgan fingerprint density at radius 1 is 1.50 bits per heavy atom. The van der Waals surface area contributed by atoms with E-state index >= 15 is 0 Å². The minimum Gasteiger partial charge on any atom is -0.478 e. The Morgan fingerprint density at radius 3 is 2.56 bits per heavy atom. The number of carboxylic acids is 1. The van der Waals surface area contributed by atoms with Gasteiger partial charge in [0, 0.05) is 13.6 Å². The van der Waals surface area contributed by atoms with E-state index in [-0.39, 0.29) is 23.5 Å². The van der Waals surface area contributed by atoms with Crippen molar-refractivity contribution in [1.29, 1.82) is 0 Å². The highest BCUT2D eigenvalue weighted by molar-refractivity contribution is 7.90. The quantitative estimate of drug-likeness (QED) is 0.666. The van der Waals surface area contributed by atoms with Crippen LogP contribution in [0, 0.1) is 0 Å². The largest absolute Gasteiger partial charge is 0.478 e. The molecule has 8 heteroatoms. The average molecular weight is 273 g/mol. The third-order valence-corrected chi connectivity index (χ3v) is 3.87. The molecule has 1 rings (SSSR count). The van der Waals surface area contributed by atoms with Crippen molar-refractivity contribution in [2.45, 2.75) is 6.92 Å². The topological polar surface area (TPSA) is 113 Å². The zero-order valence-electron chi connectivity index (χ0n) is 10.0. The first-order valence-electron chi connectivity index (χ1n) is 5.16. The number of nitrogens with zero attached hydrogens (tertiary/aromatic N) is 1. The normalized spacial score (nSPS) is 11.2. The van der Waals surface area contributed by atoms with Gasteiger partial charge in [0.15, 0.2) is 0 Å². The molecule has 0 bridgehead atoms. The van der Waals surface area contributed by atoms with Crippen molar-refractivity contribution in [3.63, 3.8) is 0 Å². The maximum Gasteiger partial charge on any atom is 0.335 e. The molecule has 0 saturated carbocycles. The van der Waals surface area contributed by atoms with Gasteiger partial charge in [-0.2, -0.15) is 13.1 Å². The van der Waals surface area contributed by atoms with Gasteiger partial charge in [0.2, 0.25) is 0 Å². The zero-order chi connectivity index (χ0) is 13.9. The summed E-state index contributed by atoms with van der Waals surface area (Å²) in [6, 6.07) is 3.87. The van der Waals surface area contributed by atoms with Crippen LogP contribution in [0.1, 0.15) is 17.3 Å². The van der Waals surface area contributed by atoms with Gasteiger partial charge in [-0.3, -0.25) is 4.31 Å². The molecule has 0 amide bonds. The number of hydrogen-bond acceptors (Lipinski definition) is 4. The predicted octanol–water partition coefficient (Wildman–Crippen LogP) is 0.258. The van der Waals surface area contributed by atoms with E-state index in [0.29, 0.717) is 0 Å². The van der Waals surface area contributed by atoms with E-state index in [2.05, 4.69) is 4.72 Å². The molecule has 0 aromatic heterocycles. The summed E-state index contributed by atoms with van der Waals surface area (Å²) in [7, 11) is -2.33. The van der Waals surface area contributed by atoms with E-state index in [4.69, 9.17) is 10.8 Å². The summed E-state index contributed by atoms with van der Waals surface area (Å²) in [4.78, 5) is 10.7. The summed E-state index contributed by atoms with van der Waals surface area (Å²) >= 11 is 0. The lowest BCUT2D eigenvalue weighted by Crippen LogP contribution is -2.38. The van der Waals surface area contributed by atoms with E-state index in [1.807, 2.05) is 0 Å². The van der Waals surface area contributed by atoms with Crippen molar-refractivity contribution in [2.24, 2.45) is 0 Å². The van der Waals surface area contributed by atoms with Crippen molar-refractivity contribution in [3.8, 4) is 0 Å². The summed E-state index contributed by atoms with van der Waals surface area (Å²) in [5.41, 5.74) is 5.97. The maximum absolute atomic E-state index is 11.7. The fraction of sp³-hybridized carbons (Fsp3) is 0.300. The number of nitrogen functional groups attached to an aromatic ring is 1. The molecule has 0 saturated heterocycles. The highest BCUT2D eigenvalue weighted by atomic mass is 32.2. The Hall–Kier alpha value is -1.80. The number of rotatable bonds is 5. The van der Waals surface area contributed by atoms with Crippen LogP contribution in [0.15, 0.2) is 18.2 Å². The van der Waals surface area contributed by atoms with Gasteiger partial charge < -0.3 is 10.8 Å². The van der Waals surface area contributed by atoms with Crippen LogP contribution in [0.3, 0.4) is 0 Å². The Kier molecular flexibility index (Phi) is 4.15. The van der Waals surface area contributed by atoms with E-state index in [1.54, 1.807) is 6.92 Å². The molecule has 4 N–H and O–H groups in total. The number of hydrogen-bond donors (Lipinski definition) is 3. The van der Waals surface area contributed by atoms with E-state index in [9.17, 15) is 13.2 Å². The lowest BCUT2D eigenvalue weighted by atomic mass is 10.2. The second-order valence-electron chi connectivity index (χ2n) is 3.55. The van der Waals surface area contributed by atoms with Gasteiger partial charge in [-0.1, -0.05) is 6.92 Å². The molecule has 0 aliphatic rings. The van der Waals surface area contributed by atoms with Crippen LogP contribution in [0.5, 0.6) is 0 Å². The summed E-state index contributed by atoms with van der Waals surface area (Å²) in [5.74, 6) is -1.12. The average Bonchev–Trinajstić information content (AvgIpc) is 2.27. The van der Waals surface area contributed by atoms with Gasteiger partial charge in [0.1, 0.15) is 0 Å². The van der Waals surface area contributed by atoms with Crippen molar-refractivity contribution >= 4 is 27.6 Å². The first kappa shape index (κ1) is 14.3. The lowest BCUT2D eigenvalue weighted by molar-refractivity contribution is 0.0697. The second kappa shape index (κ2) is 5.23. The van der Waals surface area contributed by atoms with Crippen LogP contribution in [0.25, 0.3) is 0 Å². The van der Waals surface area contributed by atoms with Gasteiger partial charge in [-0.25, -0.2) is 4.79 Å². The van der Waals surface area contributed by atoms with E-state index < -0.39 is 16.2 Å². The monoisotopic (exact) mass is 273 g/mol. The fourth-order valence-corrected chi connectivity index (χ4v) is 2.37. The molecule has 0 aliphatic heterocycles. The lowest BCUT2D eigenvalue weighted by Gasteiger charge is -2.21. The molecule has 1 aromatic carbocycles. The summed E-state index contributed by atoms with van der Waals surface area (Å²) in [5, 5.41) is 8.78. The van der Waals surface area contributed by atoms with Crippen LogP contribution in [0.2, 0.25) is 0 Å². The smallest absolute Gasteiger partial charge is 0.335 e. The highest BCUT2D eigenvalue weighted by Gasteiger charge is 2.19. The van der Waals surface area contributed by atoms with Gasteiger partial charge in [-0.05, 0) is 18.2 Å². The van der Waals surface area contributed by atoms with Crippen molar-refractivity contribution in [2.75, 3.05) is 23.6 Å². The van der Waals surface area contributed by atoms with Gasteiger partial charge in [-0.15, -0.1) is 0 Å². The zero-order valence-corrected chi connectivity index (χ0v) is 10.9. The number of carboxylic acid groups (broad SMARTS) is 1. The molecular weight excluding hydrogens is 258 g/mol. The van der Waals surface area contributed by atoms with Crippen LogP contribution in [0.4, 0.5) is 11.4 Å². The Balaban J connectivity index is 3.15. The van der Waals surface area contributed by atoms with Crippen LogP contribution >= 0.6 is 0 Å². The molecule has 18 heavy (non-hydrogen) atoms. The predicted molar refractivity (Wildman–Crippen MR) is 68.8 cm³/mol. The summed E-state index contributed by atoms with van der Waals surface area (Å²) < 4.78 is 26.8. The first-order valence-corrected chi connectivity index (χ1v) is 6.60. The third-order valence-electron chi connectivity index (χ3n) is 2.30. The standard InChI is InChI=1S/C10H15N3O4S/c1-3-12-18(16,17)13(2)9-5-4-7(10(14)15)6-8(9)11/h4-6,12H,3,11H2,1-2H3,(H,14,15). The number of anilines is 2. The number of carbonyl (C=O) groups is 1. The molecule has 0 heterocycles. The molecular formula is C10H15N3O4S. The van der Waals surface area contributed by atoms with Gasteiger partial charge in [0.25, 0.3) is 0 Å². The van der Waals surface area contributed by atoms with Crippen molar-refractivity contribution in [3.05, 3.63) is 23.8 Å². The number of aromatic carboxylic acids is 1. The van der Waals surface area contributed by atoms with Crippen molar-refractivity contribution < 1.29 is 18.3 Å². The molecule has 0 atom stereocenters. The fourth-order valence-electron chi connectivity index (χ4n) is 1.38. The molecule has 0 unspecified atom stereocenters.